The van der Waals surface area contributed by atoms with Crippen molar-refractivity contribution in [3.63, 3.8) is 0 Å². The van der Waals surface area contributed by atoms with Crippen molar-refractivity contribution < 1.29 is 0 Å². The number of nitriles is 1. The largest absolute Gasteiger partial charge is 0.314 e. The Morgan fingerprint density at radius 2 is 1.94 bits per heavy atom. The van der Waals surface area contributed by atoms with Crippen molar-refractivity contribution in [3.05, 3.63) is 52.2 Å². The fourth-order valence-corrected chi connectivity index (χ4v) is 5.98. The summed E-state index contributed by atoms with van der Waals surface area (Å²) in [4.78, 5) is 5.15. The molecule has 4 unspecified atom stereocenters. The summed E-state index contributed by atoms with van der Waals surface area (Å²) in [5, 5.41) is 14.1. The highest BCUT2D eigenvalue weighted by atomic mass is 14.9. The Bertz CT molecular complexity index is 1000. The van der Waals surface area contributed by atoms with Crippen molar-refractivity contribution in [2.24, 2.45) is 28.7 Å². The fourth-order valence-electron chi connectivity index (χ4n) is 5.98. The minimum absolute atomic E-state index is 0.430. The summed E-state index contributed by atoms with van der Waals surface area (Å²) in [6.07, 6.45) is 12.9. The zero-order valence-electron chi connectivity index (χ0n) is 21.9. The van der Waals surface area contributed by atoms with Crippen molar-refractivity contribution in [1.82, 2.24) is 5.32 Å². The number of benzene rings is 1. The van der Waals surface area contributed by atoms with Crippen LogP contribution in [0.2, 0.25) is 0 Å². The molecule has 1 aliphatic heterocycles. The number of aliphatic imine (C=N–C) groups is 1. The van der Waals surface area contributed by atoms with E-state index in [1.807, 2.05) is 0 Å². The molecule has 0 bridgehead atoms. The zero-order valence-corrected chi connectivity index (χ0v) is 21.9. The highest BCUT2D eigenvalue weighted by Gasteiger charge is 2.37. The molecule has 4 rings (SSSR count). The highest BCUT2D eigenvalue weighted by molar-refractivity contribution is 5.85. The molecule has 1 heterocycles. The minimum Gasteiger partial charge on any atom is -0.314 e. The van der Waals surface area contributed by atoms with Crippen molar-refractivity contribution >= 4 is 11.8 Å². The molecule has 1 saturated carbocycles. The second kappa shape index (κ2) is 11.0. The maximum atomic E-state index is 10.5. The second-order valence-electron chi connectivity index (χ2n) is 11.5. The highest BCUT2D eigenvalue weighted by Crippen LogP contribution is 2.49. The van der Waals surface area contributed by atoms with Crippen molar-refractivity contribution in [3.8, 4) is 6.07 Å². The summed E-state index contributed by atoms with van der Waals surface area (Å²) in [6, 6.07) is 9.89. The van der Waals surface area contributed by atoms with Gasteiger partial charge >= 0.3 is 0 Å². The maximum absolute atomic E-state index is 10.5. The number of nitrogens with zero attached hydrogens (tertiary/aromatic N) is 2. The van der Waals surface area contributed by atoms with E-state index in [1.54, 1.807) is 0 Å². The van der Waals surface area contributed by atoms with Gasteiger partial charge in [-0.25, -0.2) is 0 Å². The van der Waals surface area contributed by atoms with E-state index < -0.39 is 0 Å². The minimum atomic E-state index is 0.430. The molecular weight excluding hydrogens is 414 g/mol. The summed E-state index contributed by atoms with van der Waals surface area (Å²) in [6.45, 7) is 12.3. The van der Waals surface area contributed by atoms with Crippen LogP contribution in [0, 0.1) is 41.9 Å². The van der Waals surface area contributed by atoms with Gasteiger partial charge in [0.2, 0.25) is 0 Å². The number of nitrogens with one attached hydrogen (secondary N) is 1. The first-order valence-corrected chi connectivity index (χ1v) is 13.6. The molecule has 182 valence electrons. The van der Waals surface area contributed by atoms with Crippen LogP contribution < -0.4 is 5.32 Å². The van der Waals surface area contributed by atoms with Crippen LogP contribution in [0.4, 0.5) is 0 Å². The smallest absolute Gasteiger partial charge is 0.100 e. The lowest BCUT2D eigenvalue weighted by atomic mass is 9.67. The van der Waals surface area contributed by atoms with Crippen LogP contribution in [-0.2, 0) is 0 Å². The molecule has 1 N–H and O–H groups in total. The van der Waals surface area contributed by atoms with Gasteiger partial charge in [-0.1, -0.05) is 76.8 Å². The Morgan fingerprint density at radius 1 is 1.15 bits per heavy atom. The van der Waals surface area contributed by atoms with E-state index in [-0.39, 0.29) is 0 Å². The van der Waals surface area contributed by atoms with Gasteiger partial charge in [-0.15, -0.1) is 0 Å². The van der Waals surface area contributed by atoms with Gasteiger partial charge in [0.05, 0.1) is 11.3 Å². The van der Waals surface area contributed by atoms with Crippen LogP contribution in [0.3, 0.4) is 0 Å². The molecule has 1 fully saturated rings. The van der Waals surface area contributed by atoms with Crippen LogP contribution in [0.5, 0.6) is 0 Å². The molecule has 1 aromatic rings. The number of allylic oxidation sites excluding steroid dienone is 3. The van der Waals surface area contributed by atoms with Gasteiger partial charge in [-0.3, -0.25) is 4.99 Å². The van der Waals surface area contributed by atoms with Crippen molar-refractivity contribution in [2.75, 3.05) is 6.54 Å². The van der Waals surface area contributed by atoms with E-state index in [1.165, 1.54) is 48.8 Å². The lowest BCUT2D eigenvalue weighted by Gasteiger charge is -2.37. The normalized spacial score (nSPS) is 29.7. The van der Waals surface area contributed by atoms with Crippen molar-refractivity contribution in [2.45, 2.75) is 91.5 Å². The zero-order chi connectivity index (χ0) is 24.2. The van der Waals surface area contributed by atoms with E-state index in [0.717, 1.165) is 42.1 Å². The lowest BCUT2D eigenvalue weighted by molar-refractivity contribution is 0.182. The first-order valence-electron chi connectivity index (χ1n) is 13.6. The summed E-state index contributed by atoms with van der Waals surface area (Å²) < 4.78 is 0. The number of rotatable bonds is 5. The third-order valence-electron chi connectivity index (χ3n) is 8.49. The Kier molecular flexibility index (Phi) is 8.10. The average molecular weight is 458 g/mol. The standard InChI is InChI=1S/C31H43N3/c1-20(2)33-18-24-12-9-21(3)11-14-31(34-19-24)29-16-27(25-7-6-8-25)23(5)26-13-10-22(4)15-28(26)30(29)17-32/h10,13-15,19-21,23-25,27,33H,6-9,11-12,16,18H2,1-5H3/b31-14+,34-19?. The summed E-state index contributed by atoms with van der Waals surface area (Å²) in [5.41, 5.74) is 6.84. The molecule has 0 spiro atoms. The van der Waals surface area contributed by atoms with Crippen LogP contribution >= 0.6 is 0 Å². The summed E-state index contributed by atoms with van der Waals surface area (Å²) in [5.74, 6) is 2.87. The van der Waals surface area contributed by atoms with E-state index in [0.29, 0.717) is 29.7 Å². The number of hydrogen-bond donors (Lipinski definition) is 1. The van der Waals surface area contributed by atoms with Gasteiger partial charge in [0.15, 0.2) is 0 Å². The molecule has 1 aromatic carbocycles. The van der Waals surface area contributed by atoms with Crippen LogP contribution in [-0.4, -0.2) is 18.8 Å². The molecule has 0 aromatic heterocycles. The SMILES string of the molecule is Cc1ccc2c(c1)C(C#N)=C(/C1=C\CC(C)CCC(CNC(C)C)C=N1)CC(C1CCC1)C2C. The quantitative estimate of drug-likeness (QED) is 0.495. The molecule has 3 aliphatic rings. The topological polar surface area (TPSA) is 48.2 Å². The maximum Gasteiger partial charge on any atom is 0.100 e. The van der Waals surface area contributed by atoms with E-state index in [2.05, 4.69) is 76.5 Å². The fraction of sp³-hybridized carbons (Fsp3) is 0.613. The molecule has 0 amide bonds. The number of aryl methyl sites for hydroxylation is 1. The molecule has 34 heavy (non-hydrogen) atoms. The van der Waals surface area contributed by atoms with Gasteiger partial charge in [0.1, 0.15) is 6.07 Å². The summed E-state index contributed by atoms with van der Waals surface area (Å²) in [7, 11) is 0. The van der Waals surface area contributed by atoms with Gasteiger partial charge < -0.3 is 5.32 Å². The third kappa shape index (κ3) is 5.55. The molecule has 3 nitrogen and oxygen atoms in total. The monoisotopic (exact) mass is 457 g/mol. The third-order valence-corrected chi connectivity index (χ3v) is 8.49. The Morgan fingerprint density at radius 3 is 2.62 bits per heavy atom. The Hall–Kier alpha value is -2.18. The predicted octanol–water partition coefficient (Wildman–Crippen LogP) is 7.58. The Labute approximate surface area is 207 Å². The molecule has 3 heteroatoms. The Balaban J connectivity index is 1.79. The predicted molar refractivity (Wildman–Crippen MR) is 144 cm³/mol. The van der Waals surface area contributed by atoms with Crippen LogP contribution in [0.15, 0.2) is 40.5 Å². The molecular formula is C31H43N3. The van der Waals surface area contributed by atoms with Crippen LogP contribution in [0.25, 0.3) is 5.57 Å². The molecule has 2 aliphatic carbocycles. The summed E-state index contributed by atoms with van der Waals surface area (Å²) >= 11 is 0. The van der Waals surface area contributed by atoms with Gasteiger partial charge in [0.25, 0.3) is 0 Å². The first kappa shape index (κ1) is 24.9. The van der Waals surface area contributed by atoms with Gasteiger partial charge in [-0.2, -0.15) is 5.26 Å². The van der Waals surface area contributed by atoms with Crippen LogP contribution in [0.1, 0.15) is 95.2 Å². The van der Waals surface area contributed by atoms with Crippen molar-refractivity contribution in [1.29, 1.82) is 5.26 Å². The van der Waals surface area contributed by atoms with Gasteiger partial charge in [-0.05, 0) is 73.0 Å². The van der Waals surface area contributed by atoms with E-state index in [9.17, 15) is 5.26 Å². The first-order chi connectivity index (χ1) is 16.4. The molecule has 4 atom stereocenters. The molecule has 0 radical (unpaired) electrons. The number of fused-ring (bicyclic) bond motifs is 1. The number of hydrogen-bond acceptors (Lipinski definition) is 3. The molecule has 0 saturated heterocycles. The average Bonchev–Trinajstić information content (AvgIpc) is 2.82. The lowest BCUT2D eigenvalue weighted by Crippen LogP contribution is -2.29. The second-order valence-corrected chi connectivity index (χ2v) is 11.5. The van der Waals surface area contributed by atoms with E-state index >= 15 is 0 Å². The van der Waals surface area contributed by atoms with E-state index in [4.69, 9.17) is 4.99 Å². The van der Waals surface area contributed by atoms with Gasteiger partial charge in [0, 0.05) is 24.7 Å².